The van der Waals surface area contributed by atoms with Crippen LogP contribution in [0.15, 0.2) is 47.3 Å². The van der Waals surface area contributed by atoms with Crippen molar-refractivity contribution in [3.8, 4) is 11.4 Å². The van der Waals surface area contributed by atoms with E-state index in [-0.39, 0.29) is 24.9 Å². The minimum atomic E-state index is -4.32. The van der Waals surface area contributed by atoms with Crippen molar-refractivity contribution < 1.29 is 27.6 Å². The molecule has 2 heterocycles. The number of amides is 1. The van der Waals surface area contributed by atoms with Crippen molar-refractivity contribution in [3.05, 3.63) is 57.6 Å². The number of rotatable bonds is 4. The van der Waals surface area contributed by atoms with Gasteiger partial charge in [-0.1, -0.05) is 28.9 Å². The first kappa shape index (κ1) is 20.9. The molecule has 3 aromatic rings. The molecule has 0 atom stereocenters. The minimum absolute atomic E-state index is 0.0507. The van der Waals surface area contributed by atoms with Crippen LogP contribution in [0.5, 0.6) is 0 Å². The fraction of sp³-hybridized carbons (Fsp3) is 0.188. The molecule has 1 amide bonds. The van der Waals surface area contributed by atoms with Gasteiger partial charge in [-0.2, -0.15) is 18.2 Å². The van der Waals surface area contributed by atoms with E-state index in [9.17, 15) is 18.0 Å². The van der Waals surface area contributed by atoms with Crippen LogP contribution in [-0.2, 0) is 6.18 Å². The molecule has 0 saturated heterocycles. The number of hydrogen-bond donors (Lipinski definition) is 2. The summed E-state index contributed by atoms with van der Waals surface area (Å²) in [4.78, 5) is 15.4. The van der Waals surface area contributed by atoms with Crippen molar-refractivity contribution >= 4 is 28.8 Å². The van der Waals surface area contributed by atoms with E-state index in [2.05, 4.69) is 20.0 Å². The van der Waals surface area contributed by atoms with Crippen molar-refractivity contribution in [2.45, 2.75) is 6.18 Å². The molecule has 144 valence electrons. The molecule has 3 rings (SSSR count). The third kappa shape index (κ3) is 6.35. The zero-order valence-electron chi connectivity index (χ0n) is 13.5. The minimum Gasteiger partial charge on any atom is -0.395 e. The zero-order chi connectivity index (χ0) is 19.9. The molecule has 6 nitrogen and oxygen atoms in total. The number of nitrogens with one attached hydrogen (secondary N) is 1. The Morgan fingerprint density at radius 2 is 1.93 bits per heavy atom. The lowest BCUT2D eigenvalue weighted by atomic mass is 10.1. The van der Waals surface area contributed by atoms with Crippen molar-refractivity contribution in [1.29, 1.82) is 0 Å². The molecular formula is C16H13ClF3N3O3S. The molecule has 2 aromatic heterocycles. The van der Waals surface area contributed by atoms with Gasteiger partial charge in [-0.05, 0) is 24.3 Å². The molecule has 0 bridgehead atoms. The van der Waals surface area contributed by atoms with E-state index >= 15 is 0 Å². The molecule has 11 heteroatoms. The quantitative estimate of drug-likeness (QED) is 0.670. The summed E-state index contributed by atoms with van der Waals surface area (Å²) in [6.07, 6.45) is -3.21. The normalized spacial score (nSPS) is 10.9. The molecular weight excluding hydrogens is 407 g/mol. The average Bonchev–Trinajstić information content (AvgIpc) is 3.31. The fourth-order valence-electron chi connectivity index (χ4n) is 1.80. The van der Waals surface area contributed by atoms with Gasteiger partial charge in [0.2, 0.25) is 12.2 Å². The van der Waals surface area contributed by atoms with Crippen LogP contribution in [0.3, 0.4) is 0 Å². The van der Waals surface area contributed by atoms with Crippen LogP contribution in [-0.4, -0.2) is 34.3 Å². The highest BCUT2D eigenvalue weighted by Gasteiger charge is 2.30. The number of carbonyl (C=O) groups is 1. The van der Waals surface area contributed by atoms with Gasteiger partial charge in [-0.3, -0.25) is 4.79 Å². The maximum atomic E-state index is 12.2. The lowest BCUT2D eigenvalue weighted by Crippen LogP contribution is -2.25. The van der Waals surface area contributed by atoms with Crippen LogP contribution in [0.1, 0.15) is 15.2 Å². The summed E-state index contributed by atoms with van der Waals surface area (Å²) in [7, 11) is 0. The van der Waals surface area contributed by atoms with Gasteiger partial charge in [0.15, 0.2) is 0 Å². The Morgan fingerprint density at radius 1 is 1.22 bits per heavy atom. The first-order chi connectivity index (χ1) is 12.8. The molecule has 2 N–H and O–H groups in total. The molecule has 0 spiro atoms. The summed E-state index contributed by atoms with van der Waals surface area (Å²) in [5.41, 5.74) is -0.216. The predicted molar refractivity (Wildman–Crippen MR) is 93.5 cm³/mol. The van der Waals surface area contributed by atoms with E-state index in [1.165, 1.54) is 23.5 Å². The predicted octanol–water partition coefficient (Wildman–Crippen LogP) is 3.88. The van der Waals surface area contributed by atoms with Gasteiger partial charge in [-0.15, -0.1) is 11.3 Å². The number of hydrogen-bond acceptors (Lipinski definition) is 6. The van der Waals surface area contributed by atoms with E-state index in [4.69, 9.17) is 16.7 Å². The SMILES string of the molecule is FC(F)(F)c1ccc(-c2ncon2)cc1.O=C(NCCO)c1ccc(Cl)s1. The molecule has 0 aliphatic heterocycles. The first-order valence-electron chi connectivity index (χ1n) is 7.39. The van der Waals surface area contributed by atoms with Gasteiger partial charge in [0.05, 0.1) is 21.4 Å². The summed E-state index contributed by atoms with van der Waals surface area (Å²) in [5.74, 6) is 0.0738. The fourth-order valence-corrected chi connectivity index (χ4v) is 2.76. The maximum absolute atomic E-state index is 12.2. The Morgan fingerprint density at radius 3 is 2.41 bits per heavy atom. The Labute approximate surface area is 160 Å². The van der Waals surface area contributed by atoms with Crippen molar-refractivity contribution in [2.75, 3.05) is 13.2 Å². The first-order valence-corrected chi connectivity index (χ1v) is 8.59. The van der Waals surface area contributed by atoms with Gasteiger partial charge in [0, 0.05) is 12.1 Å². The second kappa shape index (κ2) is 9.49. The van der Waals surface area contributed by atoms with Crippen LogP contribution in [0.4, 0.5) is 13.2 Å². The molecule has 0 saturated carbocycles. The third-order valence-corrected chi connectivity index (χ3v) is 4.26. The molecule has 0 fully saturated rings. The van der Waals surface area contributed by atoms with E-state index < -0.39 is 11.7 Å². The highest BCUT2D eigenvalue weighted by molar-refractivity contribution is 7.17. The van der Waals surface area contributed by atoms with Crippen molar-refractivity contribution in [3.63, 3.8) is 0 Å². The van der Waals surface area contributed by atoms with E-state index in [0.717, 1.165) is 18.5 Å². The van der Waals surface area contributed by atoms with E-state index in [1.807, 2.05) is 0 Å². The molecule has 0 radical (unpaired) electrons. The highest BCUT2D eigenvalue weighted by Crippen LogP contribution is 2.30. The Kier molecular flexibility index (Phi) is 7.34. The van der Waals surface area contributed by atoms with Crippen LogP contribution in [0.25, 0.3) is 11.4 Å². The number of benzene rings is 1. The average molecular weight is 420 g/mol. The summed E-state index contributed by atoms with van der Waals surface area (Å²) >= 11 is 6.85. The summed E-state index contributed by atoms with van der Waals surface area (Å²) in [6, 6.07) is 7.87. The highest BCUT2D eigenvalue weighted by atomic mass is 35.5. The van der Waals surface area contributed by atoms with Gasteiger partial charge in [0.1, 0.15) is 0 Å². The van der Waals surface area contributed by atoms with Crippen molar-refractivity contribution in [1.82, 2.24) is 15.5 Å². The van der Waals surface area contributed by atoms with Crippen LogP contribution in [0.2, 0.25) is 4.34 Å². The van der Waals surface area contributed by atoms with Gasteiger partial charge < -0.3 is 14.9 Å². The second-order valence-corrected chi connectivity index (χ2v) is 6.63. The number of carbonyl (C=O) groups excluding carboxylic acids is 1. The number of nitrogens with zero attached hydrogens (tertiary/aromatic N) is 2. The molecule has 1 aromatic carbocycles. The monoisotopic (exact) mass is 419 g/mol. The topological polar surface area (TPSA) is 88.2 Å². The van der Waals surface area contributed by atoms with Crippen LogP contribution in [0, 0.1) is 0 Å². The number of aliphatic hydroxyl groups is 1. The second-order valence-electron chi connectivity index (χ2n) is 4.91. The number of halogens is 4. The summed E-state index contributed by atoms with van der Waals surface area (Å²) < 4.78 is 41.7. The van der Waals surface area contributed by atoms with Crippen LogP contribution < -0.4 is 5.32 Å². The lowest BCUT2D eigenvalue weighted by Gasteiger charge is -2.05. The smallest absolute Gasteiger partial charge is 0.395 e. The Hall–Kier alpha value is -2.43. The molecule has 0 aliphatic rings. The number of alkyl halides is 3. The summed E-state index contributed by atoms with van der Waals surface area (Å²) in [5, 5.41) is 14.5. The maximum Gasteiger partial charge on any atom is 0.416 e. The molecule has 0 aliphatic carbocycles. The molecule has 27 heavy (non-hydrogen) atoms. The van der Waals surface area contributed by atoms with Crippen LogP contribution >= 0.6 is 22.9 Å². The Bertz CT molecular complexity index is 852. The largest absolute Gasteiger partial charge is 0.416 e. The van der Waals surface area contributed by atoms with Gasteiger partial charge >= 0.3 is 6.18 Å². The number of aliphatic hydroxyl groups excluding tert-OH is 1. The van der Waals surface area contributed by atoms with E-state index in [1.54, 1.807) is 12.1 Å². The number of aromatic nitrogens is 2. The standard InChI is InChI=1S/C9H5F3N2O.C7H8ClNO2S/c10-9(11,12)7-3-1-6(2-4-7)8-13-5-15-14-8;8-6-2-1-5(12-6)7(11)9-3-4-10/h1-5H;1-2,10H,3-4H2,(H,9,11). The van der Waals surface area contributed by atoms with E-state index in [0.29, 0.717) is 14.8 Å². The summed E-state index contributed by atoms with van der Waals surface area (Å²) in [6.45, 7) is 0.221. The zero-order valence-corrected chi connectivity index (χ0v) is 15.1. The Balaban J connectivity index is 0.000000199. The number of thiophene rings is 1. The van der Waals surface area contributed by atoms with Crippen molar-refractivity contribution in [2.24, 2.45) is 0 Å². The molecule has 0 unspecified atom stereocenters. The lowest BCUT2D eigenvalue weighted by molar-refractivity contribution is -0.137. The van der Waals surface area contributed by atoms with Gasteiger partial charge in [-0.25, -0.2) is 0 Å². The third-order valence-electron chi connectivity index (χ3n) is 3.03. The van der Waals surface area contributed by atoms with Gasteiger partial charge in [0.25, 0.3) is 5.91 Å².